The van der Waals surface area contributed by atoms with E-state index in [0.29, 0.717) is 6.54 Å². The summed E-state index contributed by atoms with van der Waals surface area (Å²) in [6.45, 7) is 1.54. The Morgan fingerprint density at radius 1 is 1.30 bits per heavy atom. The highest BCUT2D eigenvalue weighted by Gasteiger charge is 2.35. The van der Waals surface area contributed by atoms with Gasteiger partial charge in [0.25, 0.3) is 0 Å². The average molecular weight is 278 g/mol. The minimum atomic E-state index is -0.902. The van der Waals surface area contributed by atoms with Gasteiger partial charge in [-0.15, -0.1) is 10.2 Å². The van der Waals surface area contributed by atoms with Crippen LogP contribution in [0.3, 0.4) is 0 Å². The molecule has 2 aliphatic heterocycles. The minimum absolute atomic E-state index is 0.0936. The van der Waals surface area contributed by atoms with Crippen molar-refractivity contribution in [2.75, 3.05) is 6.54 Å². The molecular formula is C13H18N4O3. The number of hydrogen-bond donors (Lipinski definition) is 1. The summed E-state index contributed by atoms with van der Waals surface area (Å²) in [7, 11) is 0. The standard InChI is InChI=1S/C13H18N4O3/c18-12-6-9(13(19)20)7-16(12)8-11-15-14-10-4-2-1-3-5-17(10)11/h9H,1-8H2,(H,19,20). The van der Waals surface area contributed by atoms with Crippen molar-refractivity contribution in [1.82, 2.24) is 19.7 Å². The van der Waals surface area contributed by atoms with E-state index >= 15 is 0 Å². The van der Waals surface area contributed by atoms with Crippen LogP contribution in [0.2, 0.25) is 0 Å². The Hall–Kier alpha value is -1.92. The molecule has 1 N–H and O–H groups in total. The summed E-state index contributed by atoms with van der Waals surface area (Å²) < 4.78 is 2.09. The highest BCUT2D eigenvalue weighted by Crippen LogP contribution is 2.21. The third kappa shape index (κ3) is 2.39. The van der Waals surface area contributed by atoms with Gasteiger partial charge in [0.15, 0.2) is 5.82 Å². The maximum absolute atomic E-state index is 11.9. The molecular weight excluding hydrogens is 260 g/mol. The monoisotopic (exact) mass is 278 g/mol. The van der Waals surface area contributed by atoms with Crippen molar-refractivity contribution in [3.63, 3.8) is 0 Å². The van der Waals surface area contributed by atoms with Crippen molar-refractivity contribution in [3.8, 4) is 0 Å². The molecule has 1 unspecified atom stereocenters. The van der Waals surface area contributed by atoms with E-state index in [1.165, 1.54) is 6.42 Å². The molecule has 0 spiro atoms. The molecule has 1 aromatic heterocycles. The first kappa shape index (κ1) is 13.1. The van der Waals surface area contributed by atoms with Gasteiger partial charge in [-0.05, 0) is 12.8 Å². The summed E-state index contributed by atoms with van der Waals surface area (Å²) in [5, 5.41) is 17.4. The fourth-order valence-corrected chi connectivity index (χ4v) is 2.92. The van der Waals surface area contributed by atoms with Crippen LogP contribution in [0, 0.1) is 5.92 Å². The number of amides is 1. The number of carbonyl (C=O) groups is 2. The zero-order chi connectivity index (χ0) is 14.1. The molecule has 1 saturated heterocycles. The minimum Gasteiger partial charge on any atom is -0.481 e. The zero-order valence-corrected chi connectivity index (χ0v) is 11.3. The third-order valence-electron chi connectivity index (χ3n) is 4.08. The molecule has 0 aromatic carbocycles. The Morgan fingerprint density at radius 2 is 2.15 bits per heavy atom. The molecule has 2 aliphatic rings. The maximum atomic E-state index is 11.9. The number of aromatic nitrogens is 3. The Labute approximate surface area is 116 Å². The zero-order valence-electron chi connectivity index (χ0n) is 11.3. The molecule has 3 rings (SSSR count). The topological polar surface area (TPSA) is 88.3 Å². The highest BCUT2D eigenvalue weighted by atomic mass is 16.4. The average Bonchev–Trinajstić information content (AvgIpc) is 2.87. The lowest BCUT2D eigenvalue weighted by Gasteiger charge is -2.16. The number of likely N-dealkylation sites (tertiary alicyclic amines) is 1. The van der Waals surface area contributed by atoms with Crippen molar-refractivity contribution >= 4 is 11.9 Å². The van der Waals surface area contributed by atoms with Crippen LogP contribution < -0.4 is 0 Å². The molecule has 7 nitrogen and oxygen atoms in total. The van der Waals surface area contributed by atoms with E-state index in [-0.39, 0.29) is 18.9 Å². The number of carboxylic acids is 1. The summed E-state index contributed by atoms with van der Waals surface area (Å²) in [5.41, 5.74) is 0. The van der Waals surface area contributed by atoms with Crippen LogP contribution in [-0.2, 0) is 29.1 Å². The highest BCUT2D eigenvalue weighted by molar-refractivity contribution is 5.85. The second-order valence-electron chi connectivity index (χ2n) is 5.51. The van der Waals surface area contributed by atoms with E-state index < -0.39 is 11.9 Å². The van der Waals surface area contributed by atoms with Gasteiger partial charge in [0.2, 0.25) is 5.91 Å². The van der Waals surface area contributed by atoms with Gasteiger partial charge < -0.3 is 14.6 Å². The van der Waals surface area contributed by atoms with E-state index in [9.17, 15) is 9.59 Å². The molecule has 1 fully saturated rings. The molecule has 108 valence electrons. The van der Waals surface area contributed by atoms with Gasteiger partial charge in [-0.25, -0.2) is 0 Å². The van der Waals surface area contributed by atoms with Crippen LogP contribution in [0.15, 0.2) is 0 Å². The quantitative estimate of drug-likeness (QED) is 0.866. The van der Waals surface area contributed by atoms with Crippen molar-refractivity contribution in [1.29, 1.82) is 0 Å². The first-order chi connectivity index (χ1) is 9.65. The van der Waals surface area contributed by atoms with Gasteiger partial charge in [0, 0.05) is 25.9 Å². The third-order valence-corrected chi connectivity index (χ3v) is 4.08. The van der Waals surface area contributed by atoms with Crippen LogP contribution in [0.25, 0.3) is 0 Å². The second kappa shape index (κ2) is 5.22. The molecule has 1 amide bonds. The van der Waals surface area contributed by atoms with Crippen LogP contribution in [0.1, 0.15) is 37.3 Å². The fourth-order valence-electron chi connectivity index (χ4n) is 2.92. The summed E-state index contributed by atoms with van der Waals surface area (Å²) in [5.74, 6) is 0.165. The second-order valence-corrected chi connectivity index (χ2v) is 5.51. The number of rotatable bonds is 3. The van der Waals surface area contributed by atoms with Crippen molar-refractivity contribution in [2.24, 2.45) is 5.92 Å². The number of nitrogens with zero attached hydrogens (tertiary/aromatic N) is 4. The summed E-state index contributed by atoms with van der Waals surface area (Å²) in [6.07, 6.45) is 4.44. The van der Waals surface area contributed by atoms with E-state index in [2.05, 4.69) is 14.8 Å². The molecule has 20 heavy (non-hydrogen) atoms. The summed E-state index contributed by atoms with van der Waals surface area (Å²) in [6, 6.07) is 0. The molecule has 3 heterocycles. The molecule has 7 heteroatoms. The molecule has 1 aromatic rings. The lowest BCUT2D eigenvalue weighted by Crippen LogP contribution is -2.27. The van der Waals surface area contributed by atoms with E-state index in [1.807, 2.05) is 0 Å². The summed E-state index contributed by atoms with van der Waals surface area (Å²) in [4.78, 5) is 24.4. The van der Waals surface area contributed by atoms with E-state index in [4.69, 9.17) is 5.11 Å². The molecule has 0 saturated carbocycles. The van der Waals surface area contributed by atoms with E-state index in [0.717, 1.165) is 37.5 Å². The Balaban J connectivity index is 1.74. The van der Waals surface area contributed by atoms with Gasteiger partial charge in [-0.1, -0.05) is 6.42 Å². The SMILES string of the molecule is O=C(O)C1CC(=O)N(Cc2nnc3n2CCCCC3)C1. The predicted octanol–water partition coefficient (Wildman–Crippen LogP) is 0.438. The van der Waals surface area contributed by atoms with Crippen LogP contribution >= 0.6 is 0 Å². The van der Waals surface area contributed by atoms with Crippen LogP contribution in [-0.4, -0.2) is 43.2 Å². The lowest BCUT2D eigenvalue weighted by molar-refractivity contribution is -0.141. The first-order valence-electron chi connectivity index (χ1n) is 7.06. The molecule has 0 bridgehead atoms. The van der Waals surface area contributed by atoms with Gasteiger partial charge in [-0.2, -0.15) is 0 Å². The number of carbonyl (C=O) groups excluding carboxylic acids is 1. The number of hydrogen-bond acceptors (Lipinski definition) is 4. The van der Waals surface area contributed by atoms with Gasteiger partial charge >= 0.3 is 5.97 Å². The molecule has 0 radical (unpaired) electrons. The number of fused-ring (bicyclic) bond motifs is 1. The van der Waals surface area contributed by atoms with Gasteiger partial charge in [-0.3, -0.25) is 9.59 Å². The maximum Gasteiger partial charge on any atom is 0.308 e. The lowest BCUT2D eigenvalue weighted by atomic mass is 10.1. The Morgan fingerprint density at radius 3 is 2.90 bits per heavy atom. The summed E-state index contributed by atoms with van der Waals surface area (Å²) >= 11 is 0. The Bertz CT molecular complexity index is 540. The van der Waals surface area contributed by atoms with Crippen molar-refractivity contribution in [3.05, 3.63) is 11.6 Å². The van der Waals surface area contributed by atoms with Crippen molar-refractivity contribution < 1.29 is 14.7 Å². The van der Waals surface area contributed by atoms with E-state index in [1.54, 1.807) is 4.90 Å². The van der Waals surface area contributed by atoms with Crippen molar-refractivity contribution in [2.45, 2.75) is 45.2 Å². The molecule has 1 atom stereocenters. The number of carboxylic acid groups (broad SMARTS) is 1. The predicted molar refractivity (Wildman–Crippen MR) is 68.7 cm³/mol. The van der Waals surface area contributed by atoms with Crippen LogP contribution in [0.4, 0.5) is 0 Å². The number of aryl methyl sites for hydroxylation is 1. The normalized spacial score (nSPS) is 22.7. The van der Waals surface area contributed by atoms with Gasteiger partial charge in [0.1, 0.15) is 5.82 Å². The largest absolute Gasteiger partial charge is 0.481 e. The Kier molecular flexibility index (Phi) is 3.42. The first-order valence-corrected chi connectivity index (χ1v) is 7.06. The number of aliphatic carboxylic acids is 1. The van der Waals surface area contributed by atoms with Crippen LogP contribution in [0.5, 0.6) is 0 Å². The smallest absolute Gasteiger partial charge is 0.308 e. The fraction of sp³-hybridized carbons (Fsp3) is 0.692. The van der Waals surface area contributed by atoms with Gasteiger partial charge in [0.05, 0.1) is 12.5 Å². The molecule has 0 aliphatic carbocycles.